The van der Waals surface area contributed by atoms with Crippen LogP contribution in [0.1, 0.15) is 37.7 Å². The van der Waals surface area contributed by atoms with Crippen molar-refractivity contribution in [1.29, 1.82) is 0 Å². The summed E-state index contributed by atoms with van der Waals surface area (Å²) in [6, 6.07) is 3.67. The summed E-state index contributed by atoms with van der Waals surface area (Å²) in [6.07, 6.45) is 4.22. The molecule has 110 valence electrons. The zero-order valence-corrected chi connectivity index (χ0v) is 13.3. The van der Waals surface area contributed by atoms with Crippen LogP contribution in [0, 0.1) is 0 Å². The number of ether oxygens (including phenoxy) is 2. The molecule has 4 nitrogen and oxygen atoms in total. The molecule has 5 heteroatoms. The molecule has 0 radical (unpaired) electrons. The third kappa shape index (κ3) is 2.39. The van der Waals surface area contributed by atoms with E-state index in [1.54, 1.807) is 14.2 Å². The van der Waals surface area contributed by atoms with E-state index in [4.69, 9.17) is 9.47 Å². The van der Waals surface area contributed by atoms with Gasteiger partial charge in [0.25, 0.3) is 0 Å². The number of carbonyl (C=O) groups is 1. The van der Waals surface area contributed by atoms with Crippen LogP contribution < -0.4 is 9.47 Å². The third-order valence-electron chi connectivity index (χ3n) is 4.10. The Morgan fingerprint density at radius 1 is 1.15 bits per heavy atom. The van der Waals surface area contributed by atoms with E-state index in [2.05, 4.69) is 15.9 Å². The molecular weight excluding hydrogens is 324 g/mol. The molecule has 0 amide bonds. The minimum atomic E-state index is -0.864. The van der Waals surface area contributed by atoms with Gasteiger partial charge < -0.3 is 14.6 Å². The molecule has 0 bridgehead atoms. The maximum absolute atomic E-state index is 11.9. The first-order valence-electron chi connectivity index (χ1n) is 6.71. The highest BCUT2D eigenvalue weighted by Gasteiger charge is 2.44. The van der Waals surface area contributed by atoms with Gasteiger partial charge in [0, 0.05) is 5.56 Å². The highest BCUT2D eigenvalue weighted by atomic mass is 79.9. The average Bonchev–Trinajstić information content (AvgIpc) is 2.47. The summed E-state index contributed by atoms with van der Waals surface area (Å²) < 4.78 is 11.6. The van der Waals surface area contributed by atoms with Crippen LogP contribution in [0.15, 0.2) is 16.6 Å². The van der Waals surface area contributed by atoms with E-state index < -0.39 is 11.4 Å². The summed E-state index contributed by atoms with van der Waals surface area (Å²) in [5, 5.41) is 9.79. The molecule has 0 aliphatic heterocycles. The Morgan fingerprint density at radius 3 is 2.25 bits per heavy atom. The summed E-state index contributed by atoms with van der Waals surface area (Å²) in [6.45, 7) is 0. The van der Waals surface area contributed by atoms with Gasteiger partial charge >= 0.3 is 5.97 Å². The van der Waals surface area contributed by atoms with Crippen molar-refractivity contribution in [2.24, 2.45) is 0 Å². The van der Waals surface area contributed by atoms with Crippen LogP contribution in [0.2, 0.25) is 0 Å². The molecule has 0 atom stereocenters. The van der Waals surface area contributed by atoms with Gasteiger partial charge in [-0.15, -0.1) is 0 Å². The molecule has 0 saturated heterocycles. The van der Waals surface area contributed by atoms with Crippen LogP contribution in [0.3, 0.4) is 0 Å². The summed E-state index contributed by atoms with van der Waals surface area (Å²) in [7, 11) is 3.10. The molecule has 1 aromatic rings. The van der Waals surface area contributed by atoms with Crippen molar-refractivity contribution >= 4 is 21.9 Å². The van der Waals surface area contributed by atoms with E-state index in [0.717, 1.165) is 23.7 Å². The molecule has 1 aliphatic carbocycles. The minimum absolute atomic E-state index is 0.520. The Labute approximate surface area is 127 Å². The first-order valence-corrected chi connectivity index (χ1v) is 7.50. The van der Waals surface area contributed by atoms with Gasteiger partial charge in [-0.1, -0.05) is 25.3 Å². The van der Waals surface area contributed by atoms with Gasteiger partial charge in [-0.05, 0) is 34.8 Å². The fourth-order valence-corrected chi connectivity index (χ4v) is 3.54. The molecule has 1 N–H and O–H groups in total. The van der Waals surface area contributed by atoms with Crippen molar-refractivity contribution in [2.45, 2.75) is 37.5 Å². The zero-order valence-electron chi connectivity index (χ0n) is 11.7. The Bertz CT molecular complexity index is 507. The highest BCUT2D eigenvalue weighted by molar-refractivity contribution is 9.10. The summed E-state index contributed by atoms with van der Waals surface area (Å²) >= 11 is 3.41. The molecule has 1 fully saturated rings. The van der Waals surface area contributed by atoms with Crippen molar-refractivity contribution in [2.75, 3.05) is 14.2 Å². The van der Waals surface area contributed by atoms with Crippen molar-refractivity contribution in [3.8, 4) is 11.5 Å². The first kappa shape index (κ1) is 15.2. The van der Waals surface area contributed by atoms with E-state index in [1.165, 1.54) is 0 Å². The Balaban J connectivity index is 2.62. The molecule has 20 heavy (non-hydrogen) atoms. The van der Waals surface area contributed by atoms with Crippen LogP contribution in [0.4, 0.5) is 0 Å². The number of carboxylic acid groups (broad SMARTS) is 1. The Kier molecular flexibility index (Phi) is 4.58. The van der Waals surface area contributed by atoms with E-state index in [1.807, 2.05) is 12.1 Å². The SMILES string of the molecule is COc1c(Br)ccc(C2(C(=O)O)CCCCC2)c1OC. The zero-order chi connectivity index (χ0) is 14.8. The predicted molar refractivity (Wildman–Crippen MR) is 79.6 cm³/mol. The molecule has 0 heterocycles. The molecule has 1 aliphatic rings. The van der Waals surface area contributed by atoms with Gasteiger partial charge in [0.1, 0.15) is 0 Å². The molecule has 1 saturated carbocycles. The number of hydrogen-bond acceptors (Lipinski definition) is 3. The lowest BCUT2D eigenvalue weighted by Gasteiger charge is -2.35. The first-order chi connectivity index (χ1) is 9.56. The van der Waals surface area contributed by atoms with Gasteiger partial charge in [-0.25, -0.2) is 0 Å². The molecule has 2 rings (SSSR count). The number of methoxy groups -OCH3 is 2. The second-order valence-corrected chi connectivity index (χ2v) is 5.96. The number of hydrogen-bond donors (Lipinski definition) is 1. The van der Waals surface area contributed by atoms with Crippen molar-refractivity contribution in [3.05, 3.63) is 22.2 Å². The molecule has 0 unspecified atom stereocenters. The predicted octanol–water partition coefficient (Wildman–Crippen LogP) is 3.75. The van der Waals surface area contributed by atoms with E-state index >= 15 is 0 Å². The van der Waals surface area contributed by atoms with Gasteiger partial charge in [0.2, 0.25) is 0 Å². The molecule has 0 aromatic heterocycles. The average molecular weight is 343 g/mol. The van der Waals surface area contributed by atoms with Crippen LogP contribution in [-0.2, 0) is 10.2 Å². The van der Waals surface area contributed by atoms with Crippen LogP contribution in [0.25, 0.3) is 0 Å². The van der Waals surface area contributed by atoms with Crippen LogP contribution in [0.5, 0.6) is 11.5 Å². The lowest BCUT2D eigenvalue weighted by molar-refractivity contribution is -0.145. The van der Waals surface area contributed by atoms with Crippen molar-refractivity contribution < 1.29 is 19.4 Å². The van der Waals surface area contributed by atoms with E-state index in [0.29, 0.717) is 29.9 Å². The number of rotatable bonds is 4. The second-order valence-electron chi connectivity index (χ2n) is 5.11. The Morgan fingerprint density at radius 2 is 1.75 bits per heavy atom. The number of carboxylic acids is 1. The largest absolute Gasteiger partial charge is 0.492 e. The maximum atomic E-state index is 11.9. The topological polar surface area (TPSA) is 55.8 Å². The standard InChI is InChI=1S/C15H19BrO4/c1-19-12-10(6-7-11(16)13(12)20-2)15(14(17)18)8-4-3-5-9-15/h6-7H,3-5,8-9H2,1-2H3,(H,17,18). The monoisotopic (exact) mass is 342 g/mol. The molecule has 0 spiro atoms. The summed E-state index contributed by atoms with van der Waals surface area (Å²) in [4.78, 5) is 11.9. The highest BCUT2D eigenvalue weighted by Crippen LogP contribution is 2.48. The van der Waals surface area contributed by atoms with E-state index in [9.17, 15) is 9.90 Å². The van der Waals surface area contributed by atoms with Gasteiger partial charge in [0.15, 0.2) is 11.5 Å². The minimum Gasteiger partial charge on any atom is -0.492 e. The van der Waals surface area contributed by atoms with Crippen LogP contribution >= 0.6 is 15.9 Å². The van der Waals surface area contributed by atoms with Crippen LogP contribution in [-0.4, -0.2) is 25.3 Å². The third-order valence-corrected chi connectivity index (χ3v) is 4.73. The fourth-order valence-electron chi connectivity index (χ4n) is 3.06. The summed E-state index contributed by atoms with van der Waals surface area (Å²) in [5.74, 6) is 0.294. The van der Waals surface area contributed by atoms with Gasteiger partial charge in [-0.3, -0.25) is 4.79 Å². The number of halogens is 1. The van der Waals surface area contributed by atoms with Gasteiger partial charge in [-0.2, -0.15) is 0 Å². The lowest BCUT2D eigenvalue weighted by Crippen LogP contribution is -2.38. The quantitative estimate of drug-likeness (QED) is 0.905. The summed E-state index contributed by atoms with van der Waals surface area (Å²) in [5.41, 5.74) is -0.148. The normalized spacial score (nSPS) is 17.6. The lowest BCUT2D eigenvalue weighted by atomic mass is 9.69. The smallest absolute Gasteiger partial charge is 0.314 e. The van der Waals surface area contributed by atoms with Crippen molar-refractivity contribution in [3.63, 3.8) is 0 Å². The fraction of sp³-hybridized carbons (Fsp3) is 0.533. The Hall–Kier alpha value is -1.23. The molecule has 1 aromatic carbocycles. The van der Waals surface area contributed by atoms with E-state index in [-0.39, 0.29) is 0 Å². The van der Waals surface area contributed by atoms with Gasteiger partial charge in [0.05, 0.1) is 24.1 Å². The number of aliphatic carboxylic acids is 1. The molecular formula is C15H19BrO4. The number of benzene rings is 1. The maximum Gasteiger partial charge on any atom is 0.314 e. The second kappa shape index (κ2) is 6.04. The van der Waals surface area contributed by atoms with Crippen molar-refractivity contribution in [1.82, 2.24) is 0 Å².